The topological polar surface area (TPSA) is 40.5 Å². The number of carboxylic acids is 1. The van der Waals surface area contributed by atoms with Crippen LogP contribution in [-0.2, 0) is 11.3 Å². The van der Waals surface area contributed by atoms with Gasteiger partial charge in [0.15, 0.2) is 0 Å². The molecule has 3 nitrogen and oxygen atoms in total. The van der Waals surface area contributed by atoms with Crippen LogP contribution in [0, 0.1) is 0 Å². The molecule has 0 bridgehead atoms. The molecule has 1 aromatic rings. The third kappa shape index (κ3) is 2.59. The van der Waals surface area contributed by atoms with Crippen LogP contribution in [0.5, 0.6) is 0 Å². The average molecular weight is 290 g/mol. The van der Waals surface area contributed by atoms with Gasteiger partial charge >= 0.3 is 5.97 Å². The van der Waals surface area contributed by atoms with E-state index in [-0.39, 0.29) is 6.04 Å². The van der Waals surface area contributed by atoms with Gasteiger partial charge in [-0.15, -0.1) is 11.3 Å². The zero-order chi connectivity index (χ0) is 10.8. The van der Waals surface area contributed by atoms with E-state index in [2.05, 4.69) is 15.9 Å². The van der Waals surface area contributed by atoms with Gasteiger partial charge in [0.2, 0.25) is 0 Å². The number of halogens is 1. The molecule has 1 saturated heterocycles. The van der Waals surface area contributed by atoms with E-state index in [0.29, 0.717) is 0 Å². The highest BCUT2D eigenvalue weighted by molar-refractivity contribution is 9.11. The molecule has 1 N–H and O–H groups in total. The first-order valence-corrected chi connectivity index (χ1v) is 6.49. The van der Waals surface area contributed by atoms with Crippen LogP contribution in [0.15, 0.2) is 15.9 Å². The number of carbonyl (C=O) groups is 1. The summed E-state index contributed by atoms with van der Waals surface area (Å²) in [6.07, 6.45) is 1.77. The molecule has 2 rings (SSSR count). The molecule has 0 saturated carbocycles. The Hall–Kier alpha value is -0.390. The maximum atomic E-state index is 11.0. The zero-order valence-electron chi connectivity index (χ0n) is 8.15. The van der Waals surface area contributed by atoms with Crippen molar-refractivity contribution < 1.29 is 9.90 Å². The second-order valence-electron chi connectivity index (χ2n) is 3.67. The Bertz CT molecular complexity index is 366. The summed E-state index contributed by atoms with van der Waals surface area (Å²) >= 11 is 5.08. The third-order valence-corrected chi connectivity index (χ3v) is 4.24. The highest BCUT2D eigenvalue weighted by Gasteiger charge is 2.30. The molecule has 0 unspecified atom stereocenters. The van der Waals surface area contributed by atoms with Gasteiger partial charge in [-0.25, -0.2) is 0 Å². The maximum Gasteiger partial charge on any atom is 0.320 e. The van der Waals surface area contributed by atoms with Crippen molar-refractivity contribution in [3.8, 4) is 0 Å². The SMILES string of the molecule is O=C(O)[C@@H]1CCCN1Cc1ccc(Br)s1. The molecule has 15 heavy (non-hydrogen) atoms. The number of hydrogen-bond acceptors (Lipinski definition) is 3. The number of nitrogens with zero attached hydrogens (tertiary/aromatic N) is 1. The molecule has 1 aliphatic rings. The van der Waals surface area contributed by atoms with Crippen molar-refractivity contribution in [1.29, 1.82) is 0 Å². The van der Waals surface area contributed by atoms with Crippen molar-refractivity contribution >= 4 is 33.2 Å². The molecule has 1 aliphatic heterocycles. The van der Waals surface area contributed by atoms with E-state index in [4.69, 9.17) is 5.11 Å². The molecular weight excluding hydrogens is 278 g/mol. The van der Waals surface area contributed by atoms with Gasteiger partial charge in [0, 0.05) is 11.4 Å². The van der Waals surface area contributed by atoms with E-state index in [1.807, 2.05) is 17.0 Å². The molecule has 0 aromatic carbocycles. The van der Waals surface area contributed by atoms with Gasteiger partial charge in [0.05, 0.1) is 3.79 Å². The van der Waals surface area contributed by atoms with Crippen molar-refractivity contribution in [3.05, 3.63) is 20.8 Å². The number of aliphatic carboxylic acids is 1. The predicted molar refractivity (Wildman–Crippen MR) is 63.1 cm³/mol. The average Bonchev–Trinajstić information content (AvgIpc) is 2.75. The van der Waals surface area contributed by atoms with Crippen molar-refractivity contribution in [2.45, 2.75) is 25.4 Å². The first kappa shape index (κ1) is 11.1. The van der Waals surface area contributed by atoms with Gasteiger partial charge < -0.3 is 5.11 Å². The van der Waals surface area contributed by atoms with Gasteiger partial charge in [-0.05, 0) is 47.4 Å². The monoisotopic (exact) mass is 289 g/mol. The normalized spacial score (nSPS) is 22.1. The smallest absolute Gasteiger partial charge is 0.320 e. The van der Waals surface area contributed by atoms with Crippen LogP contribution in [-0.4, -0.2) is 28.6 Å². The molecule has 2 heterocycles. The molecule has 1 aromatic heterocycles. The van der Waals surface area contributed by atoms with Crippen LogP contribution in [0.2, 0.25) is 0 Å². The first-order chi connectivity index (χ1) is 7.16. The second-order valence-corrected chi connectivity index (χ2v) is 6.22. The maximum absolute atomic E-state index is 11.0. The summed E-state index contributed by atoms with van der Waals surface area (Å²) in [5, 5.41) is 9.02. The summed E-state index contributed by atoms with van der Waals surface area (Å²) in [5.74, 6) is -0.692. The minimum absolute atomic E-state index is 0.286. The fourth-order valence-electron chi connectivity index (χ4n) is 1.93. The van der Waals surface area contributed by atoms with E-state index in [0.717, 1.165) is 29.7 Å². The summed E-state index contributed by atoms with van der Waals surface area (Å²) < 4.78 is 1.10. The van der Waals surface area contributed by atoms with Crippen LogP contribution in [0.3, 0.4) is 0 Å². The minimum Gasteiger partial charge on any atom is -0.480 e. The Morgan fingerprint density at radius 1 is 1.67 bits per heavy atom. The Labute approximate surface area is 101 Å². The van der Waals surface area contributed by atoms with Crippen molar-refractivity contribution in [2.75, 3.05) is 6.54 Å². The fourth-order valence-corrected chi connectivity index (χ4v) is 3.44. The van der Waals surface area contributed by atoms with E-state index in [1.54, 1.807) is 11.3 Å². The van der Waals surface area contributed by atoms with Crippen LogP contribution >= 0.6 is 27.3 Å². The van der Waals surface area contributed by atoms with E-state index < -0.39 is 5.97 Å². The summed E-state index contributed by atoms with van der Waals surface area (Å²) in [4.78, 5) is 14.2. The molecule has 0 spiro atoms. The van der Waals surface area contributed by atoms with E-state index >= 15 is 0 Å². The quantitative estimate of drug-likeness (QED) is 0.930. The molecule has 0 amide bonds. The van der Waals surface area contributed by atoms with Crippen molar-refractivity contribution in [1.82, 2.24) is 4.90 Å². The Kier molecular flexibility index (Phi) is 3.43. The highest BCUT2D eigenvalue weighted by Crippen LogP contribution is 2.26. The zero-order valence-corrected chi connectivity index (χ0v) is 10.6. The number of likely N-dealkylation sites (tertiary alicyclic amines) is 1. The van der Waals surface area contributed by atoms with Gasteiger partial charge in [-0.3, -0.25) is 9.69 Å². The lowest BCUT2D eigenvalue weighted by Crippen LogP contribution is -2.35. The summed E-state index contributed by atoms with van der Waals surface area (Å²) in [6, 6.07) is 3.77. The number of carboxylic acid groups (broad SMARTS) is 1. The molecule has 0 aliphatic carbocycles. The standard InChI is InChI=1S/C10H12BrNO2S/c11-9-4-3-7(15-9)6-12-5-1-2-8(12)10(13)14/h3-4,8H,1-2,5-6H2,(H,13,14)/t8-/m0/s1. The lowest BCUT2D eigenvalue weighted by Gasteiger charge is -2.19. The van der Waals surface area contributed by atoms with Gasteiger partial charge in [0.25, 0.3) is 0 Å². The molecule has 82 valence electrons. The predicted octanol–water partition coefficient (Wildman–Crippen LogP) is 2.56. The van der Waals surface area contributed by atoms with Crippen LogP contribution < -0.4 is 0 Å². The van der Waals surface area contributed by atoms with Gasteiger partial charge in [0.1, 0.15) is 6.04 Å². The second kappa shape index (κ2) is 4.63. The lowest BCUT2D eigenvalue weighted by molar-refractivity contribution is -0.142. The molecule has 5 heteroatoms. The molecular formula is C10H12BrNO2S. The minimum atomic E-state index is -0.692. The van der Waals surface area contributed by atoms with Gasteiger partial charge in [-0.2, -0.15) is 0 Å². The Balaban J connectivity index is 2.02. The number of thiophene rings is 1. The van der Waals surface area contributed by atoms with E-state index in [9.17, 15) is 4.79 Å². The third-order valence-electron chi connectivity index (χ3n) is 2.64. The van der Waals surface area contributed by atoms with Crippen LogP contribution in [0.1, 0.15) is 17.7 Å². The highest BCUT2D eigenvalue weighted by atomic mass is 79.9. The Morgan fingerprint density at radius 2 is 2.47 bits per heavy atom. The number of hydrogen-bond donors (Lipinski definition) is 1. The summed E-state index contributed by atoms with van der Waals surface area (Å²) in [6.45, 7) is 1.65. The lowest BCUT2D eigenvalue weighted by atomic mass is 10.2. The van der Waals surface area contributed by atoms with Crippen LogP contribution in [0.25, 0.3) is 0 Å². The van der Waals surface area contributed by atoms with Crippen molar-refractivity contribution in [2.24, 2.45) is 0 Å². The Morgan fingerprint density at radius 3 is 3.07 bits per heavy atom. The van der Waals surface area contributed by atoms with Gasteiger partial charge in [-0.1, -0.05) is 0 Å². The summed E-state index contributed by atoms with van der Waals surface area (Å²) in [7, 11) is 0. The first-order valence-electron chi connectivity index (χ1n) is 4.88. The largest absolute Gasteiger partial charge is 0.480 e. The molecule has 1 fully saturated rings. The van der Waals surface area contributed by atoms with Crippen LogP contribution in [0.4, 0.5) is 0 Å². The molecule has 1 atom stereocenters. The molecule has 0 radical (unpaired) electrons. The van der Waals surface area contributed by atoms with E-state index in [1.165, 1.54) is 4.88 Å². The van der Waals surface area contributed by atoms with Crippen molar-refractivity contribution in [3.63, 3.8) is 0 Å². The summed E-state index contributed by atoms with van der Waals surface area (Å²) in [5.41, 5.74) is 0. The fraction of sp³-hybridized carbons (Fsp3) is 0.500. The number of rotatable bonds is 3.